The molecule has 3 saturated carbocycles. The molecule has 1 N–H and O–H groups in total. The van der Waals surface area contributed by atoms with E-state index in [0.29, 0.717) is 28.9 Å². The highest BCUT2D eigenvalue weighted by Crippen LogP contribution is 2.80. The number of allylic oxidation sites excluding steroid dienone is 1. The Bertz CT molecular complexity index is 934. The maximum absolute atomic E-state index is 10.5. The van der Waals surface area contributed by atoms with Crippen molar-refractivity contribution in [2.24, 2.45) is 39.9 Å². The molecule has 9 unspecified atom stereocenters. The molecular weight excluding hydrogens is 492 g/mol. The molecule has 0 bridgehead atoms. The van der Waals surface area contributed by atoms with Crippen LogP contribution in [0.4, 0.5) is 0 Å². The summed E-state index contributed by atoms with van der Waals surface area (Å²) in [4.78, 5) is 5.13. The summed E-state index contributed by atoms with van der Waals surface area (Å²) in [6.07, 6.45) is 16.4. The number of nitrogens with zero attached hydrogens (tertiary/aromatic N) is 2. The van der Waals surface area contributed by atoms with Crippen molar-refractivity contribution in [3.05, 3.63) is 11.6 Å². The lowest BCUT2D eigenvalue weighted by Crippen LogP contribution is -2.65. The fraction of sp³-hybridized carbons (Fsp3) is 0.944. The maximum Gasteiger partial charge on any atom is 0.0771 e. The number of ether oxygens (including phenoxy) is 1. The van der Waals surface area contributed by atoms with Crippen LogP contribution in [-0.4, -0.2) is 72.5 Å². The predicted octanol–water partition coefficient (Wildman–Crippen LogP) is 7.55. The van der Waals surface area contributed by atoms with Crippen LogP contribution in [0.3, 0.4) is 0 Å². The summed E-state index contributed by atoms with van der Waals surface area (Å²) in [7, 11) is 4.41. The summed E-state index contributed by atoms with van der Waals surface area (Å²) >= 11 is 0. The molecule has 0 aromatic carbocycles. The summed E-state index contributed by atoms with van der Waals surface area (Å²) < 4.78 is 7.58. The van der Waals surface area contributed by atoms with Crippen LogP contribution >= 0.6 is 0 Å². The van der Waals surface area contributed by atoms with Gasteiger partial charge in [0.05, 0.1) is 17.8 Å². The van der Waals surface area contributed by atoms with E-state index in [2.05, 4.69) is 64.6 Å². The molecule has 2 aliphatic heterocycles. The second-order valence-corrected chi connectivity index (χ2v) is 16.1. The van der Waals surface area contributed by atoms with Gasteiger partial charge < -0.3 is 14.7 Å². The van der Waals surface area contributed by atoms with Crippen LogP contribution in [0.2, 0.25) is 0 Å². The molecule has 5 fully saturated rings. The average Bonchev–Trinajstić information content (AvgIpc) is 3.54. The molecule has 230 valence electrons. The molecule has 4 heteroatoms. The summed E-state index contributed by atoms with van der Waals surface area (Å²) in [6.45, 7) is 20.3. The Morgan fingerprint density at radius 3 is 2.55 bits per heavy atom. The lowest BCUT2D eigenvalue weighted by atomic mass is 9.53. The first kappa shape index (κ1) is 31.0. The third-order valence-electron chi connectivity index (χ3n) is 13.6. The number of aliphatic hydroxyl groups excluding tert-OH is 1. The van der Waals surface area contributed by atoms with Gasteiger partial charge in [-0.25, -0.2) is 0 Å². The Balaban J connectivity index is 0.00000158. The fourth-order valence-electron chi connectivity index (χ4n) is 11.2. The topological polar surface area (TPSA) is 35.9 Å². The van der Waals surface area contributed by atoms with E-state index in [1.165, 1.54) is 70.9 Å². The van der Waals surface area contributed by atoms with E-state index in [9.17, 15) is 5.11 Å². The van der Waals surface area contributed by atoms with E-state index >= 15 is 0 Å². The van der Waals surface area contributed by atoms with Crippen LogP contribution in [0.15, 0.2) is 11.6 Å². The molecule has 0 aromatic heterocycles. The van der Waals surface area contributed by atoms with Gasteiger partial charge >= 0.3 is 0 Å². The zero-order valence-corrected chi connectivity index (χ0v) is 27.8. The van der Waals surface area contributed by atoms with Crippen molar-refractivity contribution in [3.8, 4) is 0 Å². The molecule has 4 nitrogen and oxygen atoms in total. The molecule has 4 aliphatic carbocycles. The molecule has 40 heavy (non-hydrogen) atoms. The Hall–Kier alpha value is -0.420. The predicted molar refractivity (Wildman–Crippen MR) is 167 cm³/mol. The lowest BCUT2D eigenvalue weighted by molar-refractivity contribution is -0.249. The van der Waals surface area contributed by atoms with Gasteiger partial charge in [0.2, 0.25) is 0 Å². The van der Waals surface area contributed by atoms with Crippen molar-refractivity contribution in [2.45, 2.75) is 143 Å². The fourth-order valence-corrected chi connectivity index (χ4v) is 11.2. The number of hydrogen-bond acceptors (Lipinski definition) is 4. The Labute approximate surface area is 247 Å². The highest BCUT2D eigenvalue weighted by Gasteiger charge is 2.77. The Kier molecular flexibility index (Phi) is 8.73. The molecule has 2 heterocycles. The summed E-state index contributed by atoms with van der Waals surface area (Å²) in [6, 6.07) is 0.601. The van der Waals surface area contributed by atoms with Crippen molar-refractivity contribution in [1.82, 2.24) is 9.80 Å². The van der Waals surface area contributed by atoms with Gasteiger partial charge in [-0.2, -0.15) is 0 Å². The molecule has 1 spiro atoms. The van der Waals surface area contributed by atoms with Crippen molar-refractivity contribution < 1.29 is 9.84 Å². The van der Waals surface area contributed by atoms with E-state index in [-0.39, 0.29) is 17.1 Å². The van der Waals surface area contributed by atoms with E-state index in [1.807, 2.05) is 13.8 Å². The Morgan fingerprint density at radius 1 is 1.07 bits per heavy atom. The summed E-state index contributed by atoms with van der Waals surface area (Å²) in [5.74, 6) is 2.84. The van der Waals surface area contributed by atoms with Gasteiger partial charge in [-0.15, -0.1) is 0 Å². The molecule has 6 rings (SSSR count). The van der Waals surface area contributed by atoms with Gasteiger partial charge in [-0.05, 0) is 119 Å². The largest absolute Gasteiger partial charge is 0.393 e. The molecule has 2 saturated heterocycles. The van der Waals surface area contributed by atoms with Crippen LogP contribution in [0.25, 0.3) is 0 Å². The number of hydrogen-bond donors (Lipinski definition) is 1. The molecular formula is C36H64N2O2. The van der Waals surface area contributed by atoms with Gasteiger partial charge in [-0.3, -0.25) is 4.90 Å². The van der Waals surface area contributed by atoms with Gasteiger partial charge in [0.1, 0.15) is 0 Å². The average molecular weight is 557 g/mol. The standard InChI is InChI=1S/C34H58N2O2.C2H6/c1-23-17-30-29(36(21-23)16-15-35(6)7)18-25(3)34(38-30)13-8-12-33(22-32(33,34)5)20-28-24(2)9-10-26-19-27(37)11-14-31(26,28)4;1-2/h10,23-25,27-30,37H,8-9,11-22H2,1-7H3;1-2H3/t23?,24?,25-,27?,28?,29?,30-,31?,32?,33?,34?;/m1./s1. The van der Waals surface area contributed by atoms with Crippen LogP contribution in [0.5, 0.6) is 0 Å². The van der Waals surface area contributed by atoms with Crippen molar-refractivity contribution in [2.75, 3.05) is 33.7 Å². The number of likely N-dealkylation sites (tertiary alicyclic amines) is 1. The minimum Gasteiger partial charge on any atom is -0.393 e. The SMILES string of the molecule is CC.CC1C[C@H]2OC3(CCCC4(CC5C(C)CC=C6CC(O)CCC65C)CC43C)[C@H](C)CC2N(CCN(C)C)C1. The molecule has 0 radical (unpaired) electrons. The smallest absolute Gasteiger partial charge is 0.0771 e. The third-order valence-corrected chi connectivity index (χ3v) is 13.6. The first-order chi connectivity index (χ1) is 18.9. The van der Waals surface area contributed by atoms with Crippen molar-refractivity contribution in [1.29, 1.82) is 0 Å². The third kappa shape index (κ3) is 4.87. The van der Waals surface area contributed by atoms with Crippen LogP contribution in [0.1, 0.15) is 119 Å². The second-order valence-electron chi connectivity index (χ2n) is 16.1. The monoisotopic (exact) mass is 556 g/mol. The van der Waals surface area contributed by atoms with Crippen molar-refractivity contribution in [3.63, 3.8) is 0 Å². The summed E-state index contributed by atoms with van der Waals surface area (Å²) in [5.41, 5.74) is 2.72. The zero-order chi connectivity index (χ0) is 29.1. The van der Waals surface area contributed by atoms with Crippen molar-refractivity contribution >= 4 is 0 Å². The van der Waals surface area contributed by atoms with E-state index in [0.717, 1.165) is 37.1 Å². The first-order valence-corrected chi connectivity index (χ1v) is 17.4. The van der Waals surface area contributed by atoms with Gasteiger partial charge in [0.15, 0.2) is 0 Å². The number of piperidine rings is 1. The van der Waals surface area contributed by atoms with Gasteiger partial charge in [0, 0.05) is 31.1 Å². The molecule has 6 aliphatic rings. The van der Waals surface area contributed by atoms with Crippen LogP contribution in [-0.2, 0) is 4.74 Å². The second kappa shape index (κ2) is 11.3. The molecule has 0 amide bonds. The van der Waals surface area contributed by atoms with E-state index in [1.54, 1.807) is 5.57 Å². The van der Waals surface area contributed by atoms with Crippen LogP contribution in [0, 0.1) is 39.9 Å². The highest BCUT2D eigenvalue weighted by atomic mass is 16.5. The Morgan fingerprint density at radius 2 is 1.82 bits per heavy atom. The first-order valence-electron chi connectivity index (χ1n) is 17.4. The highest BCUT2D eigenvalue weighted by molar-refractivity contribution is 5.29. The van der Waals surface area contributed by atoms with Gasteiger partial charge in [-0.1, -0.05) is 60.1 Å². The minimum absolute atomic E-state index is 0.0664. The number of fused-ring (bicyclic) bond motifs is 4. The van der Waals surface area contributed by atoms with Gasteiger partial charge in [0.25, 0.3) is 0 Å². The number of rotatable bonds is 5. The number of likely N-dealkylation sites (N-methyl/N-ethyl adjacent to an activating group) is 1. The van der Waals surface area contributed by atoms with E-state index in [4.69, 9.17) is 4.74 Å². The zero-order valence-electron chi connectivity index (χ0n) is 27.8. The summed E-state index contributed by atoms with van der Waals surface area (Å²) in [5, 5.41) is 10.5. The van der Waals surface area contributed by atoms with Crippen LogP contribution < -0.4 is 0 Å². The lowest BCUT2D eigenvalue weighted by Gasteiger charge is -2.60. The minimum atomic E-state index is -0.120. The number of aliphatic hydroxyl groups is 1. The molecule has 11 atom stereocenters. The normalized spacial score (nSPS) is 50.3. The maximum atomic E-state index is 10.5. The quantitative estimate of drug-likeness (QED) is 0.355. The molecule has 0 aromatic rings. The van der Waals surface area contributed by atoms with E-state index < -0.39 is 0 Å².